The Hall–Kier alpha value is -3.35. The molecule has 8 nitrogen and oxygen atoms in total. The number of aromatic nitrogens is 5. The maximum absolute atomic E-state index is 13.5. The molecule has 0 aliphatic carbocycles. The van der Waals surface area contributed by atoms with Gasteiger partial charge in [0, 0.05) is 36.6 Å². The summed E-state index contributed by atoms with van der Waals surface area (Å²) >= 11 is 0. The van der Waals surface area contributed by atoms with Gasteiger partial charge in [0.05, 0.1) is 30.9 Å². The van der Waals surface area contributed by atoms with Gasteiger partial charge >= 0.3 is 6.18 Å². The maximum Gasteiger partial charge on any atom is 0.416 e. The van der Waals surface area contributed by atoms with Crippen LogP contribution in [-0.2, 0) is 12.7 Å². The van der Waals surface area contributed by atoms with E-state index in [4.69, 9.17) is 0 Å². The van der Waals surface area contributed by atoms with Gasteiger partial charge < -0.3 is 15.2 Å². The van der Waals surface area contributed by atoms with Crippen LogP contribution < -0.4 is 10.2 Å². The predicted octanol–water partition coefficient (Wildman–Crippen LogP) is 4.11. The highest BCUT2D eigenvalue weighted by Crippen LogP contribution is 2.35. The SMILES string of the molecule is Cc1cnc(CN2CCC(c3cc(Nc4cc(C(F)(F)F)ccn4)nc(N4CC(F)(F)C4)n3)C2)[nH]1. The molecule has 1 unspecified atom stereocenters. The molecule has 13 heteroatoms. The molecule has 186 valence electrons. The molecule has 2 fully saturated rings. The molecular weight excluding hydrogens is 471 g/mol. The molecule has 2 saturated heterocycles. The summed E-state index contributed by atoms with van der Waals surface area (Å²) in [6.07, 6.45) is -0.921. The predicted molar refractivity (Wildman–Crippen MR) is 118 cm³/mol. The molecule has 0 spiro atoms. The second kappa shape index (κ2) is 8.70. The normalized spacial score (nSPS) is 20.2. The number of aryl methyl sites for hydroxylation is 1. The molecule has 0 aromatic carbocycles. The van der Waals surface area contributed by atoms with Crippen molar-refractivity contribution in [3.8, 4) is 0 Å². The van der Waals surface area contributed by atoms with Gasteiger partial charge in [-0.2, -0.15) is 18.2 Å². The van der Waals surface area contributed by atoms with Crippen molar-refractivity contribution in [1.29, 1.82) is 0 Å². The monoisotopic (exact) mass is 494 g/mol. The number of nitrogens with one attached hydrogen (secondary N) is 2. The van der Waals surface area contributed by atoms with Crippen molar-refractivity contribution in [2.75, 3.05) is 36.4 Å². The van der Waals surface area contributed by atoms with Crippen molar-refractivity contribution >= 4 is 17.6 Å². The lowest BCUT2D eigenvalue weighted by molar-refractivity contribution is -0.137. The van der Waals surface area contributed by atoms with Crippen molar-refractivity contribution in [2.24, 2.45) is 0 Å². The Morgan fingerprint density at radius 2 is 1.94 bits per heavy atom. The number of anilines is 3. The molecule has 2 aliphatic heterocycles. The van der Waals surface area contributed by atoms with Crippen molar-refractivity contribution in [3.63, 3.8) is 0 Å². The maximum atomic E-state index is 13.5. The summed E-state index contributed by atoms with van der Waals surface area (Å²) in [6.45, 7) is 3.02. The fourth-order valence-electron chi connectivity index (χ4n) is 4.30. The number of pyridine rings is 1. The number of aromatic amines is 1. The van der Waals surface area contributed by atoms with Crippen LogP contribution in [0, 0.1) is 6.92 Å². The summed E-state index contributed by atoms with van der Waals surface area (Å²) in [5, 5.41) is 2.79. The van der Waals surface area contributed by atoms with Gasteiger partial charge in [0.25, 0.3) is 5.92 Å². The molecule has 2 N–H and O–H groups in total. The second-order valence-electron chi connectivity index (χ2n) is 8.98. The first kappa shape index (κ1) is 23.4. The Morgan fingerprint density at radius 1 is 1.14 bits per heavy atom. The van der Waals surface area contributed by atoms with Gasteiger partial charge in [-0.05, 0) is 32.0 Å². The average molecular weight is 494 g/mol. The molecule has 5 rings (SSSR count). The van der Waals surface area contributed by atoms with E-state index in [1.165, 1.54) is 4.90 Å². The molecule has 2 aliphatic rings. The number of hydrogen-bond donors (Lipinski definition) is 2. The van der Waals surface area contributed by atoms with E-state index in [0.29, 0.717) is 18.8 Å². The van der Waals surface area contributed by atoms with Gasteiger partial charge in [-0.3, -0.25) is 4.90 Å². The molecular formula is C22H23F5N8. The summed E-state index contributed by atoms with van der Waals surface area (Å²) < 4.78 is 66.3. The molecule has 1 atom stereocenters. The van der Waals surface area contributed by atoms with Crippen LogP contribution in [0.3, 0.4) is 0 Å². The lowest BCUT2D eigenvalue weighted by Gasteiger charge is -2.38. The third-order valence-corrected chi connectivity index (χ3v) is 6.02. The van der Waals surface area contributed by atoms with Crippen LogP contribution in [0.4, 0.5) is 39.5 Å². The zero-order valence-corrected chi connectivity index (χ0v) is 18.8. The number of H-pyrrole nitrogens is 1. The highest BCUT2D eigenvalue weighted by atomic mass is 19.4. The number of hydrogen-bond acceptors (Lipinski definition) is 7. The molecule has 35 heavy (non-hydrogen) atoms. The largest absolute Gasteiger partial charge is 0.416 e. The summed E-state index contributed by atoms with van der Waals surface area (Å²) in [5.41, 5.74) is 0.755. The molecule has 5 heterocycles. The minimum absolute atomic E-state index is 0.00427. The molecule has 0 radical (unpaired) electrons. The van der Waals surface area contributed by atoms with Crippen LogP contribution in [0.25, 0.3) is 0 Å². The van der Waals surface area contributed by atoms with Gasteiger partial charge in [-0.1, -0.05) is 0 Å². The summed E-state index contributed by atoms with van der Waals surface area (Å²) in [5.74, 6) is -1.70. The standard InChI is InChI=1S/C22H23F5N8/c1-13-8-29-19(30-13)10-34-5-3-14(9-34)16-7-18(33-20(31-16)35-11-21(23,24)12-35)32-17-6-15(2-4-28-17)22(25,26)27/h2,4,6-8,14H,3,5,9-12H2,1H3,(H,29,30)(H,28,31,32,33). The lowest BCUT2D eigenvalue weighted by Crippen LogP contribution is -2.57. The summed E-state index contributed by atoms with van der Waals surface area (Å²) in [7, 11) is 0. The van der Waals surface area contributed by atoms with Crippen molar-refractivity contribution in [2.45, 2.75) is 37.9 Å². The third-order valence-electron chi connectivity index (χ3n) is 6.02. The van der Waals surface area contributed by atoms with E-state index in [0.717, 1.165) is 42.8 Å². The second-order valence-corrected chi connectivity index (χ2v) is 8.98. The van der Waals surface area contributed by atoms with Gasteiger partial charge in [0.15, 0.2) is 0 Å². The van der Waals surface area contributed by atoms with Crippen molar-refractivity contribution < 1.29 is 22.0 Å². The van der Waals surface area contributed by atoms with Gasteiger partial charge in [-0.25, -0.2) is 23.7 Å². The first-order valence-electron chi connectivity index (χ1n) is 11.1. The molecule has 0 saturated carbocycles. The number of rotatable bonds is 6. The topological polar surface area (TPSA) is 85.9 Å². The number of likely N-dealkylation sites (tertiary alicyclic amines) is 1. The zero-order chi connectivity index (χ0) is 24.8. The van der Waals surface area contributed by atoms with E-state index in [1.807, 2.05) is 6.92 Å². The first-order chi connectivity index (χ1) is 16.5. The van der Waals surface area contributed by atoms with E-state index < -0.39 is 30.8 Å². The Balaban J connectivity index is 1.38. The Bertz CT molecular complexity index is 1200. The lowest BCUT2D eigenvalue weighted by atomic mass is 10.0. The molecule has 3 aromatic heterocycles. The fraction of sp³-hybridized carbons (Fsp3) is 0.455. The number of alkyl halides is 5. The van der Waals surface area contributed by atoms with E-state index in [2.05, 4.69) is 35.1 Å². The van der Waals surface area contributed by atoms with Crippen LogP contribution in [0.5, 0.6) is 0 Å². The molecule has 3 aromatic rings. The van der Waals surface area contributed by atoms with Gasteiger partial charge in [0.2, 0.25) is 5.95 Å². The molecule has 0 amide bonds. The van der Waals surface area contributed by atoms with E-state index in [1.54, 1.807) is 12.3 Å². The minimum atomic E-state index is -4.52. The smallest absolute Gasteiger partial charge is 0.345 e. The quantitative estimate of drug-likeness (QED) is 0.499. The van der Waals surface area contributed by atoms with Gasteiger partial charge in [0.1, 0.15) is 17.5 Å². The van der Waals surface area contributed by atoms with Crippen LogP contribution in [0.15, 0.2) is 30.6 Å². The average Bonchev–Trinajstić information content (AvgIpc) is 3.40. The Labute approximate surface area is 197 Å². The van der Waals surface area contributed by atoms with Crippen molar-refractivity contribution in [3.05, 3.63) is 53.4 Å². The van der Waals surface area contributed by atoms with Crippen LogP contribution in [0.2, 0.25) is 0 Å². The number of halogens is 5. The first-order valence-corrected chi connectivity index (χ1v) is 11.1. The van der Waals surface area contributed by atoms with Crippen molar-refractivity contribution in [1.82, 2.24) is 29.8 Å². The summed E-state index contributed by atoms with van der Waals surface area (Å²) in [6, 6.07) is 3.40. The highest BCUT2D eigenvalue weighted by Gasteiger charge is 2.45. The van der Waals surface area contributed by atoms with Gasteiger partial charge in [-0.15, -0.1) is 0 Å². The van der Waals surface area contributed by atoms with Crippen LogP contribution in [0.1, 0.15) is 35.1 Å². The molecule has 0 bridgehead atoms. The van der Waals surface area contributed by atoms with E-state index >= 15 is 0 Å². The number of nitrogens with zero attached hydrogens (tertiary/aromatic N) is 6. The number of imidazole rings is 1. The third kappa shape index (κ3) is 5.34. The highest BCUT2D eigenvalue weighted by molar-refractivity contribution is 5.56. The fourth-order valence-corrected chi connectivity index (χ4v) is 4.30. The zero-order valence-electron chi connectivity index (χ0n) is 18.8. The van der Waals surface area contributed by atoms with Crippen LogP contribution in [-0.4, -0.2) is 61.9 Å². The van der Waals surface area contributed by atoms with E-state index in [-0.39, 0.29) is 23.5 Å². The Morgan fingerprint density at radius 3 is 2.63 bits per heavy atom. The Kier molecular flexibility index (Phi) is 5.82. The minimum Gasteiger partial charge on any atom is -0.345 e. The van der Waals surface area contributed by atoms with Crippen LogP contribution >= 0.6 is 0 Å². The van der Waals surface area contributed by atoms with E-state index in [9.17, 15) is 22.0 Å². The summed E-state index contributed by atoms with van der Waals surface area (Å²) in [4.78, 5) is 23.9.